The maximum absolute atomic E-state index is 11.9. The predicted molar refractivity (Wildman–Crippen MR) is 73.3 cm³/mol. The zero-order valence-electron chi connectivity index (χ0n) is 11.7. The molecule has 1 heterocycles. The van der Waals surface area contributed by atoms with Gasteiger partial charge in [-0.25, -0.2) is 12.7 Å². The first kappa shape index (κ1) is 16.4. The highest BCUT2D eigenvalue weighted by molar-refractivity contribution is 7.89. The first-order chi connectivity index (χ1) is 9.01. The molecule has 1 fully saturated rings. The summed E-state index contributed by atoms with van der Waals surface area (Å²) in [5, 5.41) is 2.86. The summed E-state index contributed by atoms with van der Waals surface area (Å²) in [4.78, 5) is 11.8. The number of sulfonamides is 1. The Kier molecular flexibility index (Phi) is 6.74. The Balaban J connectivity index is 2.42. The number of amides is 1. The number of piperidine rings is 1. The lowest BCUT2D eigenvalue weighted by Gasteiger charge is -2.30. The number of rotatable bonds is 7. The summed E-state index contributed by atoms with van der Waals surface area (Å²) in [6, 6.07) is 0. The Bertz CT molecular complexity index is 375. The maximum atomic E-state index is 11.9. The second-order valence-corrected chi connectivity index (χ2v) is 6.86. The van der Waals surface area contributed by atoms with E-state index in [1.165, 1.54) is 11.4 Å². The maximum Gasteiger partial charge on any atom is 0.223 e. The van der Waals surface area contributed by atoms with E-state index in [0.717, 1.165) is 6.42 Å². The molecule has 7 heteroatoms. The molecule has 0 aliphatic carbocycles. The number of nitrogens with zero attached hydrogens (tertiary/aromatic N) is 1. The molecule has 19 heavy (non-hydrogen) atoms. The number of nitrogens with one attached hydrogen (secondary N) is 1. The molecule has 1 amide bonds. The predicted octanol–water partition coefficient (Wildman–Crippen LogP) is 0.201. The van der Waals surface area contributed by atoms with Crippen molar-refractivity contribution in [1.29, 1.82) is 0 Å². The van der Waals surface area contributed by atoms with Gasteiger partial charge in [0.25, 0.3) is 0 Å². The minimum atomic E-state index is -3.23. The van der Waals surface area contributed by atoms with Gasteiger partial charge in [0.2, 0.25) is 15.9 Å². The third kappa shape index (κ3) is 5.08. The van der Waals surface area contributed by atoms with Crippen molar-refractivity contribution in [2.24, 2.45) is 5.92 Å². The molecule has 1 aliphatic heterocycles. The molecule has 0 unspecified atom stereocenters. The molecule has 0 aromatic carbocycles. The largest absolute Gasteiger partial charge is 0.384 e. The Morgan fingerprint density at radius 2 is 2.00 bits per heavy atom. The number of methoxy groups -OCH3 is 1. The van der Waals surface area contributed by atoms with E-state index in [2.05, 4.69) is 5.32 Å². The van der Waals surface area contributed by atoms with Gasteiger partial charge in [-0.15, -0.1) is 0 Å². The summed E-state index contributed by atoms with van der Waals surface area (Å²) in [5.74, 6) is 0.00661. The molecule has 0 spiro atoms. The summed E-state index contributed by atoms with van der Waals surface area (Å²) in [6.07, 6.45) is 2.11. The average Bonchev–Trinajstić information content (AvgIpc) is 2.42. The Hall–Kier alpha value is -0.660. The van der Waals surface area contributed by atoms with Crippen LogP contribution in [0.3, 0.4) is 0 Å². The lowest BCUT2D eigenvalue weighted by molar-refractivity contribution is -0.126. The topological polar surface area (TPSA) is 75.7 Å². The van der Waals surface area contributed by atoms with Gasteiger partial charge in [0.15, 0.2) is 0 Å². The van der Waals surface area contributed by atoms with E-state index in [0.29, 0.717) is 32.5 Å². The van der Waals surface area contributed by atoms with Crippen molar-refractivity contribution in [1.82, 2.24) is 9.62 Å². The van der Waals surface area contributed by atoms with Crippen molar-refractivity contribution in [3.63, 3.8) is 0 Å². The smallest absolute Gasteiger partial charge is 0.223 e. The molecule has 0 aromatic rings. The van der Waals surface area contributed by atoms with E-state index in [1.54, 1.807) is 0 Å². The van der Waals surface area contributed by atoms with Gasteiger partial charge in [-0.1, -0.05) is 6.92 Å². The quantitative estimate of drug-likeness (QED) is 0.727. The van der Waals surface area contributed by atoms with Crippen molar-refractivity contribution in [2.75, 3.05) is 39.1 Å². The van der Waals surface area contributed by atoms with E-state index in [-0.39, 0.29) is 24.2 Å². The average molecular weight is 292 g/mol. The first-order valence-electron chi connectivity index (χ1n) is 6.75. The zero-order chi connectivity index (χ0) is 14.3. The van der Waals surface area contributed by atoms with Crippen molar-refractivity contribution in [2.45, 2.75) is 26.2 Å². The molecular weight excluding hydrogens is 268 g/mol. The Morgan fingerprint density at radius 3 is 2.53 bits per heavy atom. The van der Waals surface area contributed by atoms with Gasteiger partial charge in [0, 0.05) is 32.7 Å². The van der Waals surface area contributed by atoms with Crippen LogP contribution in [0, 0.1) is 5.92 Å². The summed E-state index contributed by atoms with van der Waals surface area (Å²) >= 11 is 0. The SMILES string of the molecule is CCCNC(=O)C1CCN(S(=O)(=O)CCOC)CC1. The van der Waals surface area contributed by atoms with Crippen LogP contribution in [0.15, 0.2) is 0 Å². The molecule has 0 bridgehead atoms. The summed E-state index contributed by atoms with van der Waals surface area (Å²) in [7, 11) is -1.75. The summed E-state index contributed by atoms with van der Waals surface area (Å²) < 4.78 is 30.1. The van der Waals surface area contributed by atoms with Gasteiger partial charge < -0.3 is 10.1 Å². The van der Waals surface area contributed by atoms with E-state index < -0.39 is 10.0 Å². The van der Waals surface area contributed by atoms with Crippen LogP contribution in [0.5, 0.6) is 0 Å². The molecule has 112 valence electrons. The summed E-state index contributed by atoms with van der Waals surface area (Å²) in [5.41, 5.74) is 0. The highest BCUT2D eigenvalue weighted by Crippen LogP contribution is 2.20. The number of ether oxygens (including phenoxy) is 1. The first-order valence-corrected chi connectivity index (χ1v) is 8.36. The van der Waals surface area contributed by atoms with Crippen molar-refractivity contribution >= 4 is 15.9 Å². The van der Waals surface area contributed by atoms with Gasteiger partial charge in [0.05, 0.1) is 12.4 Å². The molecule has 6 nitrogen and oxygen atoms in total. The van der Waals surface area contributed by atoms with Crippen molar-refractivity contribution < 1.29 is 17.9 Å². The molecule has 1 saturated heterocycles. The van der Waals surface area contributed by atoms with Crippen LogP contribution in [0.2, 0.25) is 0 Å². The van der Waals surface area contributed by atoms with E-state index in [9.17, 15) is 13.2 Å². The van der Waals surface area contributed by atoms with Crippen LogP contribution in [0.1, 0.15) is 26.2 Å². The fraction of sp³-hybridized carbons (Fsp3) is 0.917. The van der Waals surface area contributed by atoms with Gasteiger partial charge >= 0.3 is 0 Å². The normalized spacial score (nSPS) is 18.4. The number of carbonyl (C=O) groups excluding carboxylic acids is 1. The Labute approximate surface area is 115 Å². The molecule has 0 aromatic heterocycles. The van der Waals surface area contributed by atoms with Crippen molar-refractivity contribution in [3.8, 4) is 0 Å². The molecule has 1 N–H and O–H groups in total. The van der Waals surface area contributed by atoms with Crippen LogP contribution in [0.25, 0.3) is 0 Å². The standard InChI is InChI=1S/C12H24N2O4S/c1-3-6-13-12(15)11-4-7-14(8-5-11)19(16,17)10-9-18-2/h11H,3-10H2,1-2H3,(H,13,15). The monoisotopic (exact) mass is 292 g/mol. The Morgan fingerprint density at radius 1 is 1.37 bits per heavy atom. The second-order valence-electron chi connectivity index (χ2n) is 4.77. The van der Waals surface area contributed by atoms with Crippen LogP contribution in [-0.4, -0.2) is 57.7 Å². The number of carbonyl (C=O) groups is 1. The number of hydrogen-bond donors (Lipinski definition) is 1. The van der Waals surface area contributed by atoms with E-state index in [4.69, 9.17) is 4.74 Å². The molecule has 0 atom stereocenters. The van der Waals surface area contributed by atoms with Gasteiger partial charge in [-0.05, 0) is 19.3 Å². The van der Waals surface area contributed by atoms with Gasteiger partial charge in [-0.3, -0.25) is 4.79 Å². The third-order valence-corrected chi connectivity index (χ3v) is 5.15. The van der Waals surface area contributed by atoms with E-state index in [1.807, 2.05) is 6.92 Å². The molecule has 0 radical (unpaired) electrons. The molecule has 0 saturated carbocycles. The molecular formula is C12H24N2O4S. The van der Waals surface area contributed by atoms with Crippen LogP contribution in [-0.2, 0) is 19.6 Å². The molecule has 1 aliphatic rings. The highest BCUT2D eigenvalue weighted by atomic mass is 32.2. The fourth-order valence-electron chi connectivity index (χ4n) is 2.11. The second kappa shape index (κ2) is 7.81. The lowest BCUT2D eigenvalue weighted by atomic mass is 9.97. The van der Waals surface area contributed by atoms with Crippen LogP contribution < -0.4 is 5.32 Å². The van der Waals surface area contributed by atoms with Crippen LogP contribution in [0.4, 0.5) is 0 Å². The van der Waals surface area contributed by atoms with E-state index >= 15 is 0 Å². The minimum Gasteiger partial charge on any atom is -0.384 e. The summed E-state index contributed by atoms with van der Waals surface area (Å²) in [6.45, 7) is 3.75. The molecule has 1 rings (SSSR count). The van der Waals surface area contributed by atoms with Gasteiger partial charge in [-0.2, -0.15) is 0 Å². The zero-order valence-corrected chi connectivity index (χ0v) is 12.5. The van der Waals surface area contributed by atoms with Gasteiger partial charge in [0.1, 0.15) is 0 Å². The fourth-order valence-corrected chi connectivity index (χ4v) is 3.51. The van der Waals surface area contributed by atoms with Crippen molar-refractivity contribution in [3.05, 3.63) is 0 Å². The minimum absolute atomic E-state index is 0.0101. The number of hydrogen-bond acceptors (Lipinski definition) is 4. The van der Waals surface area contributed by atoms with Crippen LogP contribution >= 0.6 is 0 Å². The lowest BCUT2D eigenvalue weighted by Crippen LogP contribution is -2.44. The highest BCUT2D eigenvalue weighted by Gasteiger charge is 2.30. The third-order valence-electron chi connectivity index (χ3n) is 3.31.